The van der Waals surface area contributed by atoms with Gasteiger partial charge in [-0.15, -0.1) is 0 Å². The van der Waals surface area contributed by atoms with Crippen molar-refractivity contribution in [1.29, 1.82) is 0 Å². The summed E-state index contributed by atoms with van der Waals surface area (Å²) in [6.45, 7) is 5.21. The van der Waals surface area contributed by atoms with Gasteiger partial charge in [-0.05, 0) is 31.7 Å². The molecule has 118 valence electrons. The van der Waals surface area contributed by atoms with Gasteiger partial charge in [0.1, 0.15) is 0 Å². The maximum absolute atomic E-state index is 5.73. The van der Waals surface area contributed by atoms with Crippen LogP contribution in [0.3, 0.4) is 0 Å². The van der Waals surface area contributed by atoms with Crippen LogP contribution in [-0.4, -0.2) is 38.8 Å². The van der Waals surface area contributed by atoms with Gasteiger partial charge in [-0.1, -0.05) is 30.3 Å². The molecule has 0 bridgehead atoms. The van der Waals surface area contributed by atoms with Crippen LogP contribution >= 0.6 is 0 Å². The minimum atomic E-state index is -0.0332. The lowest BCUT2D eigenvalue weighted by atomic mass is 10.2. The number of hydrogen-bond acceptors (Lipinski definition) is 4. The van der Waals surface area contributed by atoms with Crippen molar-refractivity contribution in [2.75, 3.05) is 26.4 Å². The average Bonchev–Trinajstić information content (AvgIpc) is 2.54. The minimum absolute atomic E-state index is 0.0332. The third-order valence-corrected chi connectivity index (χ3v) is 3.40. The van der Waals surface area contributed by atoms with Gasteiger partial charge < -0.3 is 18.9 Å². The zero-order chi connectivity index (χ0) is 14.8. The zero-order valence-electron chi connectivity index (χ0n) is 12.8. The molecule has 1 unspecified atom stereocenters. The van der Waals surface area contributed by atoms with Gasteiger partial charge in [-0.3, -0.25) is 0 Å². The molecule has 2 atom stereocenters. The molecule has 4 heteroatoms. The van der Waals surface area contributed by atoms with Crippen LogP contribution in [0, 0.1) is 0 Å². The molecular weight excluding hydrogens is 268 g/mol. The van der Waals surface area contributed by atoms with Crippen molar-refractivity contribution in [1.82, 2.24) is 0 Å². The highest BCUT2D eigenvalue weighted by molar-refractivity contribution is 5.13. The number of rotatable bonds is 9. The summed E-state index contributed by atoms with van der Waals surface area (Å²) in [5.41, 5.74) is 1.18. The van der Waals surface area contributed by atoms with Crippen LogP contribution in [0.4, 0.5) is 0 Å². The molecule has 1 aliphatic heterocycles. The van der Waals surface area contributed by atoms with Gasteiger partial charge in [0, 0.05) is 6.61 Å². The van der Waals surface area contributed by atoms with Crippen LogP contribution in [0.5, 0.6) is 0 Å². The second-order valence-electron chi connectivity index (χ2n) is 5.35. The van der Waals surface area contributed by atoms with Crippen LogP contribution in [0.15, 0.2) is 30.3 Å². The highest BCUT2D eigenvalue weighted by Gasteiger charge is 2.13. The fourth-order valence-electron chi connectivity index (χ4n) is 2.19. The first kappa shape index (κ1) is 16.4. The van der Waals surface area contributed by atoms with Crippen molar-refractivity contribution in [2.24, 2.45) is 0 Å². The van der Waals surface area contributed by atoms with E-state index in [4.69, 9.17) is 18.9 Å². The molecule has 0 spiro atoms. The largest absolute Gasteiger partial charge is 0.376 e. The van der Waals surface area contributed by atoms with E-state index in [1.54, 1.807) is 0 Å². The topological polar surface area (TPSA) is 36.9 Å². The molecule has 0 radical (unpaired) electrons. The standard InChI is InChI=1S/C17H26O4/c1-15(21-14-16-7-3-2-4-8-16)13-18-11-12-20-17-9-5-6-10-19-17/h2-4,7-8,15,17H,5-6,9-14H2,1H3/t15-,17?/m1/s1. The molecule has 4 nitrogen and oxygen atoms in total. The van der Waals surface area contributed by atoms with E-state index in [1.165, 1.54) is 12.0 Å². The lowest BCUT2D eigenvalue weighted by Crippen LogP contribution is -2.24. The van der Waals surface area contributed by atoms with E-state index < -0.39 is 0 Å². The molecule has 0 saturated carbocycles. The fourth-order valence-corrected chi connectivity index (χ4v) is 2.19. The summed E-state index contributed by atoms with van der Waals surface area (Å²) in [5, 5.41) is 0. The summed E-state index contributed by atoms with van der Waals surface area (Å²) in [5.74, 6) is 0. The Bertz CT molecular complexity index is 362. The molecule has 0 amide bonds. The minimum Gasteiger partial charge on any atom is -0.376 e. The highest BCUT2D eigenvalue weighted by Crippen LogP contribution is 2.13. The second-order valence-corrected chi connectivity index (χ2v) is 5.35. The van der Waals surface area contributed by atoms with Crippen LogP contribution < -0.4 is 0 Å². The Morgan fingerprint density at radius 1 is 1.19 bits per heavy atom. The van der Waals surface area contributed by atoms with Gasteiger partial charge in [0.2, 0.25) is 0 Å². The third kappa shape index (κ3) is 7.05. The number of ether oxygens (including phenoxy) is 4. The van der Waals surface area contributed by atoms with Crippen molar-refractivity contribution in [3.8, 4) is 0 Å². The van der Waals surface area contributed by atoms with Crippen molar-refractivity contribution in [2.45, 2.75) is 45.2 Å². The SMILES string of the molecule is C[C@H](COCCOC1CCCCO1)OCc1ccccc1. The molecule has 1 aromatic rings. The molecule has 1 aromatic carbocycles. The first-order chi connectivity index (χ1) is 10.3. The molecular formula is C17H26O4. The quantitative estimate of drug-likeness (QED) is 0.656. The van der Waals surface area contributed by atoms with Gasteiger partial charge in [0.05, 0.1) is 32.5 Å². The molecule has 0 aromatic heterocycles. The zero-order valence-corrected chi connectivity index (χ0v) is 12.8. The lowest BCUT2D eigenvalue weighted by Gasteiger charge is -2.22. The Morgan fingerprint density at radius 3 is 2.81 bits per heavy atom. The average molecular weight is 294 g/mol. The van der Waals surface area contributed by atoms with Crippen molar-refractivity contribution < 1.29 is 18.9 Å². The van der Waals surface area contributed by atoms with E-state index in [9.17, 15) is 0 Å². The van der Waals surface area contributed by atoms with Crippen molar-refractivity contribution in [3.63, 3.8) is 0 Å². The van der Waals surface area contributed by atoms with Crippen LogP contribution in [0.25, 0.3) is 0 Å². The predicted octanol–water partition coefficient (Wildman–Crippen LogP) is 3.15. The van der Waals surface area contributed by atoms with Crippen molar-refractivity contribution >= 4 is 0 Å². The molecule has 1 aliphatic rings. The summed E-state index contributed by atoms with van der Waals surface area (Å²) in [6.07, 6.45) is 3.38. The Balaban J connectivity index is 1.46. The van der Waals surface area contributed by atoms with E-state index in [0.717, 1.165) is 19.4 Å². The Kier molecular flexibility index (Phi) is 7.75. The third-order valence-electron chi connectivity index (χ3n) is 3.40. The first-order valence-electron chi connectivity index (χ1n) is 7.81. The molecule has 1 fully saturated rings. The molecule has 21 heavy (non-hydrogen) atoms. The Morgan fingerprint density at radius 2 is 2.05 bits per heavy atom. The predicted molar refractivity (Wildman–Crippen MR) is 81.1 cm³/mol. The monoisotopic (exact) mass is 294 g/mol. The van der Waals surface area contributed by atoms with Crippen LogP contribution in [0.1, 0.15) is 31.7 Å². The highest BCUT2D eigenvalue weighted by atomic mass is 16.7. The molecule has 1 saturated heterocycles. The van der Waals surface area contributed by atoms with E-state index in [2.05, 4.69) is 12.1 Å². The van der Waals surface area contributed by atoms with Gasteiger partial charge in [-0.25, -0.2) is 0 Å². The summed E-state index contributed by atoms with van der Waals surface area (Å²) in [7, 11) is 0. The van der Waals surface area contributed by atoms with Crippen LogP contribution in [-0.2, 0) is 25.6 Å². The number of benzene rings is 1. The van der Waals surface area contributed by atoms with Gasteiger partial charge >= 0.3 is 0 Å². The summed E-state index contributed by atoms with van der Waals surface area (Å²) < 4.78 is 22.4. The van der Waals surface area contributed by atoms with Crippen LogP contribution in [0.2, 0.25) is 0 Å². The first-order valence-corrected chi connectivity index (χ1v) is 7.81. The van der Waals surface area contributed by atoms with E-state index in [-0.39, 0.29) is 12.4 Å². The maximum Gasteiger partial charge on any atom is 0.157 e. The molecule has 1 heterocycles. The Hall–Kier alpha value is -0.940. The molecule has 2 rings (SSSR count). The maximum atomic E-state index is 5.73. The van der Waals surface area contributed by atoms with E-state index in [1.807, 2.05) is 25.1 Å². The van der Waals surface area contributed by atoms with E-state index in [0.29, 0.717) is 26.4 Å². The molecule has 0 aliphatic carbocycles. The van der Waals surface area contributed by atoms with Gasteiger partial charge in [0.25, 0.3) is 0 Å². The second kappa shape index (κ2) is 9.90. The summed E-state index contributed by atoms with van der Waals surface area (Å²) in [4.78, 5) is 0. The summed E-state index contributed by atoms with van der Waals surface area (Å²) in [6, 6.07) is 10.2. The smallest absolute Gasteiger partial charge is 0.157 e. The van der Waals surface area contributed by atoms with Gasteiger partial charge in [-0.2, -0.15) is 0 Å². The molecule has 0 N–H and O–H groups in total. The van der Waals surface area contributed by atoms with Crippen molar-refractivity contribution in [3.05, 3.63) is 35.9 Å². The van der Waals surface area contributed by atoms with E-state index >= 15 is 0 Å². The fraction of sp³-hybridized carbons (Fsp3) is 0.647. The number of hydrogen-bond donors (Lipinski definition) is 0. The normalized spacial score (nSPS) is 20.3. The Labute approximate surface area is 127 Å². The van der Waals surface area contributed by atoms with Gasteiger partial charge in [0.15, 0.2) is 6.29 Å². The lowest BCUT2D eigenvalue weighted by molar-refractivity contribution is -0.170. The summed E-state index contributed by atoms with van der Waals surface area (Å²) >= 11 is 0.